The fraction of sp³-hybridized carbons (Fsp3) is 0. The zero-order valence-corrected chi connectivity index (χ0v) is 9.11. The van der Waals surface area contributed by atoms with Crippen molar-refractivity contribution in [3.63, 3.8) is 0 Å². The molecule has 1 aromatic rings. The van der Waals surface area contributed by atoms with Gasteiger partial charge in [0, 0.05) is 0 Å². The van der Waals surface area contributed by atoms with Crippen molar-refractivity contribution >= 4 is 61.8 Å². The normalized spacial score (nSPS) is 10.3. The molecule has 0 nitrogen and oxygen atoms in total. The van der Waals surface area contributed by atoms with Gasteiger partial charge >= 0.3 is 0 Å². The van der Waals surface area contributed by atoms with Crippen molar-refractivity contribution < 1.29 is 0 Å². The summed E-state index contributed by atoms with van der Waals surface area (Å²) >= 11 is 22.8. The summed E-state index contributed by atoms with van der Waals surface area (Å²) in [6.07, 6.45) is 0. The second-order valence-electron chi connectivity index (χ2n) is 1.85. The van der Waals surface area contributed by atoms with Crippen LogP contribution >= 0.6 is 46.4 Å². The van der Waals surface area contributed by atoms with Gasteiger partial charge in [0.05, 0.1) is 30.3 Å². The zero-order valence-electron chi connectivity index (χ0n) is 5.09. The van der Waals surface area contributed by atoms with Gasteiger partial charge in [-0.15, -0.1) is 0 Å². The van der Waals surface area contributed by atoms with E-state index in [2.05, 4.69) is 10.2 Å². The van der Waals surface area contributed by atoms with Gasteiger partial charge in [-0.1, -0.05) is 46.4 Å². The van der Waals surface area contributed by atoms with Gasteiger partial charge in [0.2, 0.25) is 0 Å². The second-order valence-corrected chi connectivity index (χ2v) is 3.93. The van der Waals surface area contributed by atoms with Crippen LogP contribution in [-0.4, -0.2) is 10.2 Å². The number of hydrogen-bond acceptors (Lipinski definition) is 0. The van der Waals surface area contributed by atoms with E-state index in [-0.39, 0.29) is 10.0 Å². The van der Waals surface area contributed by atoms with Crippen molar-refractivity contribution in [2.75, 3.05) is 0 Å². The minimum absolute atomic E-state index is 0.269. The maximum Gasteiger partial charge on any atom is 0.0793 e. The van der Waals surface area contributed by atoms with Crippen LogP contribution in [0.25, 0.3) is 0 Å². The smallest absolute Gasteiger partial charge is 0.0793 e. The van der Waals surface area contributed by atoms with E-state index >= 15 is 0 Å². The maximum atomic E-state index is 5.73. The molecule has 0 aliphatic heterocycles. The summed E-state index contributed by atoms with van der Waals surface area (Å²) in [7, 11) is 3.22. The Morgan fingerprint density at radius 2 is 1.45 bits per heavy atom. The average molecular weight is 243 g/mol. The molecule has 1 rings (SSSR count). The van der Waals surface area contributed by atoms with E-state index in [0.29, 0.717) is 15.2 Å². The predicted molar refractivity (Wildman–Crippen MR) is 51.9 cm³/mol. The Morgan fingerprint density at radius 1 is 0.909 bits per heavy atom. The number of rotatable bonds is 0. The summed E-state index contributed by atoms with van der Waals surface area (Å²) in [6.45, 7) is 0. The first-order valence-corrected chi connectivity index (χ1v) is 4.60. The molecule has 0 fully saturated rings. The Hall–Kier alpha value is 0.597. The van der Waals surface area contributed by atoms with Gasteiger partial charge in [-0.25, -0.2) is 0 Å². The van der Waals surface area contributed by atoms with Crippen molar-refractivity contribution in [1.82, 2.24) is 0 Å². The quantitative estimate of drug-likeness (QED) is 0.373. The van der Waals surface area contributed by atoms with Crippen molar-refractivity contribution in [2.24, 2.45) is 0 Å². The van der Waals surface area contributed by atoms with Gasteiger partial charge in [0.15, 0.2) is 0 Å². The molecule has 0 N–H and O–H groups in total. The Morgan fingerprint density at radius 3 is 2.00 bits per heavy atom. The molecule has 11 heavy (non-hydrogen) atoms. The lowest BCUT2D eigenvalue weighted by Gasteiger charge is -2.03. The fourth-order valence-electron chi connectivity index (χ4n) is 0.573. The monoisotopic (exact) mass is 241 g/mol. The van der Waals surface area contributed by atoms with Gasteiger partial charge in [-0.3, -0.25) is 0 Å². The molecule has 1 aromatic carbocycles. The van der Waals surface area contributed by atoms with Crippen LogP contribution in [0.5, 0.6) is 0 Å². The Bertz CT molecular complexity index is 271. The summed E-state index contributed by atoms with van der Waals surface area (Å²) in [5.74, 6) is 0. The van der Waals surface area contributed by atoms with E-state index in [0.717, 1.165) is 0 Å². The van der Waals surface area contributed by atoms with Gasteiger partial charge in [0.25, 0.3) is 0 Å². The molecule has 0 aromatic heterocycles. The average Bonchev–Trinajstić information content (AvgIpc) is 1.97. The highest BCUT2D eigenvalue weighted by molar-refractivity contribution is 6.56. The summed E-state index contributed by atoms with van der Waals surface area (Å²) in [4.78, 5) is 0. The van der Waals surface area contributed by atoms with E-state index in [1.807, 2.05) is 0 Å². The standard InChI is InChI=1S/C6HCl4Si/c7-2-1-3(11)5(9)6(10)4(2)8/h1H. The Labute approximate surface area is 87.8 Å². The van der Waals surface area contributed by atoms with Gasteiger partial charge in [0.1, 0.15) is 0 Å². The molecular formula is C6HCl4Si. The van der Waals surface area contributed by atoms with Crippen LogP contribution in [0.3, 0.4) is 0 Å². The molecule has 5 heteroatoms. The van der Waals surface area contributed by atoms with Crippen molar-refractivity contribution in [1.29, 1.82) is 0 Å². The summed E-state index contributed by atoms with van der Waals surface area (Å²) in [6, 6.07) is 1.59. The lowest BCUT2D eigenvalue weighted by Crippen LogP contribution is -2.04. The van der Waals surface area contributed by atoms with Crippen LogP contribution in [0.1, 0.15) is 0 Å². The third kappa shape index (κ3) is 1.85. The molecule has 0 atom stereocenters. The zero-order chi connectivity index (χ0) is 8.59. The minimum atomic E-state index is 0.269. The summed E-state index contributed by atoms with van der Waals surface area (Å²) in [5, 5.41) is 1.93. The molecule has 0 aliphatic carbocycles. The molecule has 0 aliphatic rings. The van der Waals surface area contributed by atoms with Crippen molar-refractivity contribution in [3.8, 4) is 0 Å². The third-order valence-corrected chi connectivity index (χ3v) is 3.41. The summed E-state index contributed by atoms with van der Waals surface area (Å²) in [5.41, 5.74) is 0. The van der Waals surface area contributed by atoms with Crippen LogP contribution in [0.4, 0.5) is 0 Å². The Balaban J connectivity index is 3.46. The maximum absolute atomic E-state index is 5.73. The minimum Gasteiger partial charge on any atom is -0.0828 e. The van der Waals surface area contributed by atoms with E-state index in [1.165, 1.54) is 0 Å². The highest BCUT2D eigenvalue weighted by Crippen LogP contribution is 2.33. The predicted octanol–water partition coefficient (Wildman–Crippen LogP) is 3.09. The molecule has 0 saturated heterocycles. The first kappa shape index (κ1) is 9.68. The van der Waals surface area contributed by atoms with Crippen LogP contribution in [-0.2, 0) is 0 Å². The summed E-state index contributed by atoms with van der Waals surface area (Å²) < 4.78 is 0. The molecule has 0 saturated carbocycles. The largest absolute Gasteiger partial charge is 0.0828 e. The van der Waals surface area contributed by atoms with Crippen LogP contribution < -0.4 is 5.19 Å². The topological polar surface area (TPSA) is 0 Å². The third-order valence-electron chi connectivity index (χ3n) is 1.10. The lowest BCUT2D eigenvalue weighted by atomic mass is 10.3. The number of hydrogen-bond donors (Lipinski definition) is 0. The molecule has 0 bridgehead atoms. The van der Waals surface area contributed by atoms with Crippen LogP contribution in [0, 0.1) is 0 Å². The fourth-order valence-corrected chi connectivity index (χ4v) is 1.81. The number of halogens is 4. The van der Waals surface area contributed by atoms with Crippen molar-refractivity contribution in [2.45, 2.75) is 0 Å². The first-order valence-electron chi connectivity index (χ1n) is 2.58. The molecule has 3 radical (unpaired) electrons. The SMILES string of the molecule is [Si]c1cc(Cl)c(Cl)c(Cl)c1Cl. The van der Waals surface area contributed by atoms with Gasteiger partial charge < -0.3 is 0 Å². The molecule has 0 unspecified atom stereocenters. The van der Waals surface area contributed by atoms with Crippen LogP contribution in [0.15, 0.2) is 6.07 Å². The van der Waals surface area contributed by atoms with E-state index < -0.39 is 0 Å². The van der Waals surface area contributed by atoms with Gasteiger partial charge in [-0.2, -0.15) is 0 Å². The second kappa shape index (κ2) is 3.54. The molecule has 0 heterocycles. The first-order chi connectivity index (χ1) is 5.04. The van der Waals surface area contributed by atoms with E-state index in [9.17, 15) is 0 Å². The van der Waals surface area contributed by atoms with E-state index in [4.69, 9.17) is 46.4 Å². The highest BCUT2D eigenvalue weighted by Gasteiger charge is 2.09. The van der Waals surface area contributed by atoms with Crippen LogP contribution in [0.2, 0.25) is 20.1 Å². The number of benzene rings is 1. The van der Waals surface area contributed by atoms with Gasteiger partial charge in [-0.05, 0) is 11.3 Å². The Kier molecular flexibility index (Phi) is 3.12. The van der Waals surface area contributed by atoms with Crippen molar-refractivity contribution in [3.05, 3.63) is 26.2 Å². The highest BCUT2D eigenvalue weighted by atomic mass is 35.5. The molecular weight excluding hydrogens is 242 g/mol. The molecule has 0 amide bonds. The molecule has 57 valence electrons. The van der Waals surface area contributed by atoms with E-state index in [1.54, 1.807) is 6.07 Å². The molecule has 0 spiro atoms. The lowest BCUT2D eigenvalue weighted by molar-refractivity contribution is 1.75.